The van der Waals surface area contributed by atoms with Gasteiger partial charge in [-0.05, 0) is 31.5 Å². The van der Waals surface area contributed by atoms with Gasteiger partial charge in [0.05, 0.1) is 11.9 Å². The van der Waals surface area contributed by atoms with Crippen LogP contribution in [-0.4, -0.2) is 4.98 Å². The van der Waals surface area contributed by atoms with Crippen molar-refractivity contribution in [3.8, 4) is 0 Å². The molecule has 0 radical (unpaired) electrons. The molecule has 0 saturated heterocycles. The van der Waals surface area contributed by atoms with Crippen molar-refractivity contribution in [2.24, 2.45) is 0 Å². The van der Waals surface area contributed by atoms with Gasteiger partial charge in [-0.1, -0.05) is 40.9 Å². The lowest BCUT2D eigenvalue weighted by Crippen LogP contribution is -2.00. The number of nitrogens with zero attached hydrogens (tertiary/aromatic N) is 1. The minimum Gasteiger partial charge on any atom is -0.380 e. The lowest BCUT2D eigenvalue weighted by atomic mass is 10.1. The van der Waals surface area contributed by atoms with Crippen molar-refractivity contribution in [3.05, 3.63) is 58.4 Å². The second kappa shape index (κ2) is 5.19. The van der Waals surface area contributed by atoms with Crippen LogP contribution in [0.15, 0.2) is 36.5 Å². The van der Waals surface area contributed by atoms with Gasteiger partial charge in [0.1, 0.15) is 5.15 Å². The van der Waals surface area contributed by atoms with E-state index in [0.717, 1.165) is 12.2 Å². The monoisotopic (exact) mass is 246 g/mol. The summed E-state index contributed by atoms with van der Waals surface area (Å²) in [7, 11) is 0. The summed E-state index contributed by atoms with van der Waals surface area (Å²) in [6.45, 7) is 5.02. The summed E-state index contributed by atoms with van der Waals surface area (Å²) in [6, 6.07) is 10.3. The molecule has 0 amide bonds. The van der Waals surface area contributed by atoms with E-state index in [1.807, 2.05) is 6.07 Å². The number of hydrogen-bond acceptors (Lipinski definition) is 2. The van der Waals surface area contributed by atoms with E-state index in [0.29, 0.717) is 5.15 Å². The van der Waals surface area contributed by atoms with Crippen LogP contribution in [-0.2, 0) is 6.54 Å². The maximum absolute atomic E-state index is 5.73. The molecule has 1 N–H and O–H groups in total. The Balaban J connectivity index is 2.04. The summed E-state index contributed by atoms with van der Waals surface area (Å²) >= 11 is 5.73. The van der Waals surface area contributed by atoms with Crippen molar-refractivity contribution in [3.63, 3.8) is 0 Å². The predicted molar refractivity (Wildman–Crippen MR) is 72.5 cm³/mol. The van der Waals surface area contributed by atoms with Gasteiger partial charge in [-0.25, -0.2) is 4.98 Å². The van der Waals surface area contributed by atoms with Crippen LogP contribution in [0.4, 0.5) is 5.69 Å². The highest BCUT2D eigenvalue weighted by molar-refractivity contribution is 6.29. The number of halogens is 1. The zero-order valence-corrected chi connectivity index (χ0v) is 10.8. The molecule has 3 heteroatoms. The van der Waals surface area contributed by atoms with E-state index in [1.54, 1.807) is 12.3 Å². The topological polar surface area (TPSA) is 24.9 Å². The molecule has 17 heavy (non-hydrogen) atoms. The van der Waals surface area contributed by atoms with Gasteiger partial charge in [0.25, 0.3) is 0 Å². The number of pyridine rings is 1. The normalized spacial score (nSPS) is 10.3. The van der Waals surface area contributed by atoms with Gasteiger partial charge < -0.3 is 5.32 Å². The number of anilines is 1. The molecule has 2 nitrogen and oxygen atoms in total. The summed E-state index contributed by atoms with van der Waals surface area (Å²) in [5.41, 5.74) is 4.83. The van der Waals surface area contributed by atoms with Crippen molar-refractivity contribution < 1.29 is 0 Å². The van der Waals surface area contributed by atoms with Gasteiger partial charge >= 0.3 is 0 Å². The van der Waals surface area contributed by atoms with Crippen LogP contribution >= 0.6 is 11.6 Å². The second-order valence-corrected chi connectivity index (χ2v) is 4.61. The number of nitrogens with one attached hydrogen (secondary N) is 1. The largest absolute Gasteiger partial charge is 0.380 e. The Kier molecular flexibility index (Phi) is 3.64. The molecule has 1 aromatic carbocycles. The standard InChI is InChI=1S/C14H15ClN2/c1-10-5-11(2)7-12(6-10)8-16-13-3-4-14(15)17-9-13/h3-7,9,16H,8H2,1-2H3. The third-order valence-corrected chi connectivity index (χ3v) is 2.73. The minimum atomic E-state index is 0.516. The van der Waals surface area contributed by atoms with E-state index < -0.39 is 0 Å². The molecule has 0 aliphatic rings. The van der Waals surface area contributed by atoms with E-state index in [4.69, 9.17) is 11.6 Å². The summed E-state index contributed by atoms with van der Waals surface area (Å²) in [6.07, 6.45) is 1.74. The van der Waals surface area contributed by atoms with Crippen LogP contribution in [0.2, 0.25) is 5.15 Å². The fourth-order valence-electron chi connectivity index (χ4n) is 1.86. The van der Waals surface area contributed by atoms with Crippen LogP contribution in [0.5, 0.6) is 0 Å². The number of hydrogen-bond donors (Lipinski definition) is 1. The molecule has 88 valence electrons. The maximum atomic E-state index is 5.73. The first-order chi connectivity index (χ1) is 8.13. The molecular weight excluding hydrogens is 232 g/mol. The van der Waals surface area contributed by atoms with Crippen LogP contribution in [0, 0.1) is 13.8 Å². The van der Waals surface area contributed by atoms with Gasteiger partial charge in [-0.3, -0.25) is 0 Å². The van der Waals surface area contributed by atoms with Crippen LogP contribution in [0.1, 0.15) is 16.7 Å². The van der Waals surface area contributed by atoms with Gasteiger partial charge in [-0.2, -0.15) is 0 Å². The molecule has 0 aliphatic carbocycles. The predicted octanol–water partition coefficient (Wildman–Crippen LogP) is 3.96. The first-order valence-corrected chi connectivity index (χ1v) is 5.94. The first-order valence-electron chi connectivity index (χ1n) is 5.56. The van der Waals surface area contributed by atoms with Crippen LogP contribution < -0.4 is 5.32 Å². The van der Waals surface area contributed by atoms with Gasteiger partial charge in [0.2, 0.25) is 0 Å². The number of benzene rings is 1. The van der Waals surface area contributed by atoms with E-state index in [-0.39, 0.29) is 0 Å². The van der Waals surface area contributed by atoms with Crippen LogP contribution in [0.25, 0.3) is 0 Å². The highest BCUT2D eigenvalue weighted by atomic mass is 35.5. The summed E-state index contributed by atoms with van der Waals surface area (Å²) in [5.74, 6) is 0. The third kappa shape index (κ3) is 3.46. The summed E-state index contributed by atoms with van der Waals surface area (Å²) < 4.78 is 0. The molecule has 0 atom stereocenters. The highest BCUT2D eigenvalue weighted by Crippen LogP contribution is 2.13. The smallest absolute Gasteiger partial charge is 0.129 e. The Labute approximate surface area is 107 Å². The summed E-state index contributed by atoms with van der Waals surface area (Å²) in [4.78, 5) is 4.03. The maximum Gasteiger partial charge on any atom is 0.129 e. The third-order valence-electron chi connectivity index (χ3n) is 2.51. The second-order valence-electron chi connectivity index (χ2n) is 4.22. The molecule has 0 bridgehead atoms. The van der Waals surface area contributed by atoms with Crippen molar-refractivity contribution in [2.45, 2.75) is 20.4 Å². The molecule has 1 aromatic heterocycles. The Morgan fingerprint density at radius 1 is 1.12 bits per heavy atom. The molecule has 2 rings (SSSR count). The summed E-state index contributed by atoms with van der Waals surface area (Å²) in [5, 5.41) is 3.84. The Morgan fingerprint density at radius 2 is 1.82 bits per heavy atom. The molecule has 0 aliphatic heterocycles. The van der Waals surface area contributed by atoms with Gasteiger partial charge in [0, 0.05) is 6.54 Å². The molecule has 2 aromatic rings. The van der Waals surface area contributed by atoms with Gasteiger partial charge in [0.15, 0.2) is 0 Å². The van der Waals surface area contributed by atoms with Crippen molar-refractivity contribution >= 4 is 17.3 Å². The SMILES string of the molecule is Cc1cc(C)cc(CNc2ccc(Cl)nc2)c1. The van der Waals surface area contributed by atoms with Crippen molar-refractivity contribution in [1.82, 2.24) is 4.98 Å². The Bertz CT molecular complexity index is 486. The minimum absolute atomic E-state index is 0.516. The zero-order chi connectivity index (χ0) is 12.3. The highest BCUT2D eigenvalue weighted by Gasteiger charge is 1.97. The molecular formula is C14H15ClN2. The molecule has 0 unspecified atom stereocenters. The quantitative estimate of drug-likeness (QED) is 0.829. The number of aromatic nitrogens is 1. The zero-order valence-electron chi connectivity index (χ0n) is 10.00. The Hall–Kier alpha value is -1.54. The number of rotatable bonds is 3. The average molecular weight is 247 g/mol. The molecule has 0 saturated carbocycles. The molecule has 0 fully saturated rings. The Morgan fingerprint density at radius 3 is 2.41 bits per heavy atom. The fourth-order valence-corrected chi connectivity index (χ4v) is 1.97. The molecule has 1 heterocycles. The van der Waals surface area contributed by atoms with Gasteiger partial charge in [-0.15, -0.1) is 0 Å². The fraction of sp³-hybridized carbons (Fsp3) is 0.214. The number of aryl methyl sites for hydroxylation is 2. The van der Waals surface area contributed by atoms with E-state index >= 15 is 0 Å². The van der Waals surface area contributed by atoms with Crippen molar-refractivity contribution in [1.29, 1.82) is 0 Å². The van der Waals surface area contributed by atoms with Crippen molar-refractivity contribution in [2.75, 3.05) is 5.32 Å². The first kappa shape index (κ1) is 11.9. The van der Waals surface area contributed by atoms with E-state index in [9.17, 15) is 0 Å². The lowest BCUT2D eigenvalue weighted by molar-refractivity contribution is 1.12. The molecule has 0 spiro atoms. The lowest BCUT2D eigenvalue weighted by Gasteiger charge is -2.08. The van der Waals surface area contributed by atoms with E-state index in [2.05, 4.69) is 42.3 Å². The average Bonchev–Trinajstić information content (AvgIpc) is 2.27. The van der Waals surface area contributed by atoms with Crippen LogP contribution in [0.3, 0.4) is 0 Å². The van der Waals surface area contributed by atoms with E-state index in [1.165, 1.54) is 16.7 Å².